The zero-order valence-corrected chi connectivity index (χ0v) is 18.5. The third-order valence-electron chi connectivity index (χ3n) is 6.78. The molecule has 3 heterocycles. The molecule has 4 atom stereocenters. The molecule has 1 aliphatic carbocycles. The predicted octanol–water partition coefficient (Wildman–Crippen LogP) is 1.89. The van der Waals surface area contributed by atoms with Gasteiger partial charge in [0, 0.05) is 12.6 Å². The van der Waals surface area contributed by atoms with Crippen molar-refractivity contribution in [2.45, 2.75) is 63.1 Å². The fraction of sp³-hybridized carbons (Fsp3) is 0.636. The Hall–Kier alpha value is -2.19. The molecule has 0 aromatic carbocycles. The smallest absolute Gasteiger partial charge is 0.270 e. The number of Topliss-reactive ketones (excluding diaryl/α,β-unsaturated/α-hetero) is 1. The van der Waals surface area contributed by atoms with Gasteiger partial charge in [0.2, 0.25) is 11.8 Å². The first-order chi connectivity index (χ1) is 14.7. The highest BCUT2D eigenvalue weighted by molar-refractivity contribution is 6.22. The molecule has 4 rings (SSSR count). The molecular formula is C22H28ClN3O5. The molecule has 1 saturated carbocycles. The molecular weight excluding hydrogens is 422 g/mol. The van der Waals surface area contributed by atoms with E-state index in [9.17, 15) is 19.5 Å². The van der Waals surface area contributed by atoms with E-state index in [0.717, 1.165) is 25.7 Å². The number of rotatable bonds is 4. The summed E-state index contributed by atoms with van der Waals surface area (Å²) >= 11 is 6.37. The lowest BCUT2D eigenvalue weighted by Crippen LogP contribution is -2.55. The highest BCUT2D eigenvalue weighted by atomic mass is 35.5. The average molecular weight is 450 g/mol. The van der Waals surface area contributed by atoms with Crippen molar-refractivity contribution in [3.05, 3.63) is 23.9 Å². The molecule has 3 aliphatic rings. The van der Waals surface area contributed by atoms with Crippen molar-refractivity contribution >= 4 is 29.2 Å². The van der Waals surface area contributed by atoms with Crippen LogP contribution in [0.25, 0.3) is 0 Å². The van der Waals surface area contributed by atoms with Crippen LogP contribution in [0.2, 0.25) is 0 Å². The van der Waals surface area contributed by atoms with Gasteiger partial charge in [-0.05, 0) is 43.1 Å². The molecule has 168 valence electrons. The lowest BCUT2D eigenvalue weighted by Gasteiger charge is -2.39. The Morgan fingerprint density at radius 2 is 2.03 bits per heavy atom. The van der Waals surface area contributed by atoms with Crippen LogP contribution in [0.15, 0.2) is 18.2 Å². The van der Waals surface area contributed by atoms with Gasteiger partial charge in [0.25, 0.3) is 5.91 Å². The fourth-order valence-corrected chi connectivity index (χ4v) is 5.26. The molecule has 0 unspecified atom stereocenters. The first kappa shape index (κ1) is 22.0. The topological polar surface area (TPSA) is 109 Å². The van der Waals surface area contributed by atoms with Gasteiger partial charge in [0.05, 0.1) is 5.38 Å². The molecule has 2 N–H and O–H groups in total. The summed E-state index contributed by atoms with van der Waals surface area (Å²) in [6.07, 6.45) is 2.94. The maximum absolute atomic E-state index is 13.6. The van der Waals surface area contributed by atoms with Gasteiger partial charge in [0.1, 0.15) is 30.5 Å². The molecule has 0 spiro atoms. The number of pyridine rings is 1. The van der Waals surface area contributed by atoms with Gasteiger partial charge in [-0.2, -0.15) is 0 Å². The summed E-state index contributed by atoms with van der Waals surface area (Å²) in [4.78, 5) is 44.2. The number of alkyl halides is 1. The number of fused-ring (bicyclic) bond motifs is 1. The number of halogens is 1. The third-order valence-corrected chi connectivity index (χ3v) is 7.17. The monoisotopic (exact) mass is 449 g/mol. The van der Waals surface area contributed by atoms with Crippen molar-refractivity contribution in [1.29, 1.82) is 0 Å². The first-order valence-corrected chi connectivity index (χ1v) is 11.2. The van der Waals surface area contributed by atoms with Crippen molar-refractivity contribution in [1.82, 2.24) is 15.2 Å². The molecule has 8 nitrogen and oxygen atoms in total. The predicted molar refractivity (Wildman–Crippen MR) is 113 cm³/mol. The maximum Gasteiger partial charge on any atom is 0.270 e. The molecule has 1 aromatic rings. The molecule has 2 amide bonds. The van der Waals surface area contributed by atoms with Crippen LogP contribution in [-0.4, -0.2) is 69.3 Å². The van der Waals surface area contributed by atoms with Crippen LogP contribution < -0.4 is 5.32 Å². The summed E-state index contributed by atoms with van der Waals surface area (Å²) in [7, 11) is 0. The lowest BCUT2D eigenvalue weighted by atomic mass is 9.71. The number of aromatic hydroxyl groups is 1. The average Bonchev–Trinajstić information content (AvgIpc) is 3.26. The van der Waals surface area contributed by atoms with E-state index >= 15 is 0 Å². The molecule has 0 radical (unpaired) electrons. The van der Waals surface area contributed by atoms with Crippen molar-refractivity contribution in [3.63, 3.8) is 0 Å². The van der Waals surface area contributed by atoms with Crippen molar-refractivity contribution in [2.75, 3.05) is 13.2 Å². The minimum absolute atomic E-state index is 0.0312. The lowest BCUT2D eigenvalue weighted by molar-refractivity contribution is -0.139. The maximum atomic E-state index is 13.6. The number of carbonyl (C=O) groups is 3. The van der Waals surface area contributed by atoms with Crippen LogP contribution in [0, 0.1) is 11.3 Å². The van der Waals surface area contributed by atoms with E-state index in [-0.39, 0.29) is 47.7 Å². The van der Waals surface area contributed by atoms with E-state index in [4.69, 9.17) is 16.3 Å². The van der Waals surface area contributed by atoms with Crippen LogP contribution in [0.5, 0.6) is 5.88 Å². The van der Waals surface area contributed by atoms with Crippen LogP contribution in [0.4, 0.5) is 0 Å². The largest absolute Gasteiger partial charge is 0.493 e. The summed E-state index contributed by atoms with van der Waals surface area (Å²) < 4.78 is 5.50. The zero-order chi connectivity index (χ0) is 22.3. The molecule has 9 heteroatoms. The molecule has 0 bridgehead atoms. The number of ketones is 1. The van der Waals surface area contributed by atoms with Crippen LogP contribution in [0.1, 0.15) is 50.0 Å². The molecule has 2 saturated heterocycles. The van der Waals surface area contributed by atoms with E-state index in [1.807, 2.05) is 0 Å². The number of hydrogen-bond acceptors (Lipinski definition) is 6. The second-order valence-electron chi connectivity index (χ2n) is 9.53. The summed E-state index contributed by atoms with van der Waals surface area (Å²) in [6.45, 7) is 4.56. The Labute approximate surface area is 186 Å². The fourth-order valence-electron chi connectivity index (χ4n) is 4.90. The molecule has 1 aromatic heterocycles. The summed E-state index contributed by atoms with van der Waals surface area (Å²) in [5.41, 5.74) is 0.222. The van der Waals surface area contributed by atoms with Gasteiger partial charge >= 0.3 is 0 Å². The highest BCUT2D eigenvalue weighted by Crippen LogP contribution is 2.40. The third kappa shape index (κ3) is 4.41. The van der Waals surface area contributed by atoms with E-state index in [0.29, 0.717) is 0 Å². The van der Waals surface area contributed by atoms with E-state index in [2.05, 4.69) is 24.1 Å². The number of likely N-dealkylation sites (tertiary alicyclic amines) is 1. The second-order valence-corrected chi connectivity index (χ2v) is 10.1. The minimum Gasteiger partial charge on any atom is -0.493 e. The number of nitrogens with zero attached hydrogens (tertiary/aromatic N) is 2. The molecule has 31 heavy (non-hydrogen) atoms. The number of carbonyl (C=O) groups excluding carboxylic acids is 3. The van der Waals surface area contributed by atoms with Crippen molar-refractivity contribution in [2.24, 2.45) is 11.3 Å². The Balaban J connectivity index is 1.58. The zero-order valence-electron chi connectivity index (χ0n) is 17.7. The number of nitrogens with one attached hydrogen (secondary N) is 1. The standard InChI is InChI=1S/C22H28ClN3O5/c1-22(2)8-6-12(7-9-22)17(25-20(29)14-4-3-5-16(28)24-14)21(30)26-10-13(23)19-18(26)15(27)11-31-19/h3-5,12-13,17-19H,6-11H2,1-2H3,(H,24,28)(H,25,29)/t13-,17-,18+,19+/m0/s1. The minimum atomic E-state index is -0.802. The quantitative estimate of drug-likeness (QED) is 0.679. The van der Waals surface area contributed by atoms with Crippen LogP contribution >= 0.6 is 11.6 Å². The Kier molecular flexibility index (Phi) is 5.96. The molecule has 2 aliphatic heterocycles. The summed E-state index contributed by atoms with van der Waals surface area (Å²) in [5.74, 6) is -1.34. The number of hydrogen-bond donors (Lipinski definition) is 2. The number of amides is 2. The highest BCUT2D eigenvalue weighted by Gasteiger charge is 2.53. The van der Waals surface area contributed by atoms with Gasteiger partial charge < -0.3 is 20.1 Å². The second kappa shape index (κ2) is 8.39. The Morgan fingerprint density at radius 1 is 1.32 bits per heavy atom. The van der Waals surface area contributed by atoms with Gasteiger partial charge in [0.15, 0.2) is 5.78 Å². The SMILES string of the molecule is CC1(C)CCC([C@H](NC(=O)c2cccc(O)n2)C(=O)N2C[C@H](Cl)[C@H]3OCC(=O)[C@H]32)CC1. The van der Waals surface area contributed by atoms with Gasteiger partial charge in [-0.3, -0.25) is 14.4 Å². The van der Waals surface area contributed by atoms with Crippen molar-refractivity contribution < 1.29 is 24.2 Å². The first-order valence-electron chi connectivity index (χ1n) is 10.7. The molecule has 3 fully saturated rings. The normalized spacial score (nSPS) is 28.9. The van der Waals surface area contributed by atoms with E-state index < -0.39 is 29.5 Å². The van der Waals surface area contributed by atoms with Gasteiger partial charge in [-0.15, -0.1) is 11.6 Å². The Morgan fingerprint density at radius 3 is 2.71 bits per heavy atom. The van der Waals surface area contributed by atoms with Gasteiger partial charge in [-0.1, -0.05) is 19.9 Å². The van der Waals surface area contributed by atoms with Crippen molar-refractivity contribution in [3.8, 4) is 5.88 Å². The van der Waals surface area contributed by atoms with Gasteiger partial charge in [-0.25, -0.2) is 4.98 Å². The van der Waals surface area contributed by atoms with E-state index in [1.165, 1.54) is 23.1 Å². The van der Waals surface area contributed by atoms with E-state index in [1.54, 1.807) is 0 Å². The summed E-state index contributed by atoms with van der Waals surface area (Å²) in [5, 5.41) is 12.0. The number of aromatic nitrogens is 1. The van der Waals surface area contributed by atoms with Crippen LogP contribution in [-0.2, 0) is 14.3 Å². The van der Waals surface area contributed by atoms with Crippen LogP contribution in [0.3, 0.4) is 0 Å². The number of ether oxygens (including phenoxy) is 1. The summed E-state index contributed by atoms with van der Waals surface area (Å²) in [6, 6.07) is 2.88. The Bertz CT molecular complexity index is 882.